The normalized spacial score (nSPS) is 15.7. The maximum absolute atomic E-state index is 13.3. The van der Waals surface area contributed by atoms with Gasteiger partial charge in [-0.15, -0.1) is 24.8 Å². The minimum Gasteiger partial charge on any atom is -0.465 e. The zero-order chi connectivity index (χ0) is 27.0. The molecule has 40 heavy (non-hydrogen) atoms. The van der Waals surface area contributed by atoms with Crippen LogP contribution in [0.4, 0.5) is 10.5 Å². The van der Waals surface area contributed by atoms with Gasteiger partial charge in [-0.25, -0.2) is 9.78 Å². The maximum Gasteiger partial charge on any atom is 0.405 e. The van der Waals surface area contributed by atoms with Crippen molar-refractivity contribution in [3.05, 3.63) is 48.4 Å². The number of nitrogens with two attached hydrogens (primary N) is 1. The smallest absolute Gasteiger partial charge is 0.405 e. The van der Waals surface area contributed by atoms with Gasteiger partial charge in [0.15, 0.2) is 0 Å². The standard InChI is InChI=1S/C29H36N6O3.2ClH/c1-4-5-12-34-24-14-18(8-10-20(24)21-11-9-19(30)15-25(21)34)22-16-31-27(32-22)23-7-6-13-35(23)28(36)26(17(2)3)33-29(37)38;;/h8-11,14-17,23,26,33H,4-7,12-13,30H2,1-3H3,(H,31,32)(H,37,38);2*1H/t23-,26?;;/m0../s1. The average molecular weight is 590 g/mol. The van der Waals surface area contributed by atoms with E-state index in [-0.39, 0.29) is 42.7 Å². The number of aromatic nitrogens is 3. The summed E-state index contributed by atoms with van der Waals surface area (Å²) in [7, 11) is 0. The Hall–Kier alpha value is -3.43. The number of rotatable bonds is 8. The van der Waals surface area contributed by atoms with E-state index in [2.05, 4.69) is 51.0 Å². The number of nitrogen functional groups attached to an aromatic ring is 1. The molecule has 11 heteroatoms. The lowest BCUT2D eigenvalue weighted by Crippen LogP contribution is -2.50. The lowest BCUT2D eigenvalue weighted by atomic mass is 10.0. The molecular weight excluding hydrogens is 551 g/mol. The number of carboxylic acid groups (broad SMARTS) is 1. The van der Waals surface area contributed by atoms with E-state index in [9.17, 15) is 14.7 Å². The van der Waals surface area contributed by atoms with Crippen molar-refractivity contribution < 1.29 is 14.7 Å². The van der Waals surface area contributed by atoms with Crippen molar-refractivity contribution in [2.45, 2.75) is 65.1 Å². The molecule has 5 rings (SSSR count). The molecule has 216 valence electrons. The predicted molar refractivity (Wildman–Crippen MR) is 164 cm³/mol. The number of nitrogens with one attached hydrogen (secondary N) is 2. The van der Waals surface area contributed by atoms with Gasteiger partial charge in [0, 0.05) is 40.6 Å². The van der Waals surface area contributed by atoms with Crippen LogP contribution in [0.2, 0.25) is 0 Å². The third-order valence-corrected chi connectivity index (χ3v) is 7.60. The molecule has 2 aromatic carbocycles. The Morgan fingerprint density at radius 1 is 1.15 bits per heavy atom. The number of hydrogen-bond donors (Lipinski definition) is 4. The van der Waals surface area contributed by atoms with Crippen molar-refractivity contribution in [3.8, 4) is 11.3 Å². The van der Waals surface area contributed by atoms with Crippen LogP contribution in [0.1, 0.15) is 58.3 Å². The van der Waals surface area contributed by atoms with E-state index < -0.39 is 12.1 Å². The molecule has 0 spiro atoms. The molecule has 2 aromatic heterocycles. The number of carbonyl (C=O) groups excluding carboxylic acids is 1. The molecule has 5 N–H and O–H groups in total. The van der Waals surface area contributed by atoms with E-state index >= 15 is 0 Å². The minimum atomic E-state index is -1.19. The third-order valence-electron chi connectivity index (χ3n) is 7.60. The molecule has 1 aliphatic rings. The lowest BCUT2D eigenvalue weighted by Gasteiger charge is -2.29. The van der Waals surface area contributed by atoms with Crippen molar-refractivity contribution in [1.29, 1.82) is 0 Å². The van der Waals surface area contributed by atoms with E-state index in [1.165, 1.54) is 10.8 Å². The molecule has 1 saturated heterocycles. The highest BCUT2D eigenvalue weighted by Gasteiger charge is 2.37. The fourth-order valence-electron chi connectivity index (χ4n) is 5.63. The zero-order valence-corrected chi connectivity index (χ0v) is 24.6. The highest BCUT2D eigenvalue weighted by molar-refractivity contribution is 6.09. The van der Waals surface area contributed by atoms with Gasteiger partial charge in [-0.05, 0) is 43.4 Å². The van der Waals surface area contributed by atoms with Crippen LogP contribution in [-0.2, 0) is 11.3 Å². The van der Waals surface area contributed by atoms with Gasteiger partial charge in [0.2, 0.25) is 5.91 Å². The summed E-state index contributed by atoms with van der Waals surface area (Å²) in [5.74, 6) is 0.362. The van der Waals surface area contributed by atoms with Crippen LogP contribution in [0.5, 0.6) is 0 Å². The first-order valence-corrected chi connectivity index (χ1v) is 13.4. The Morgan fingerprint density at radius 2 is 1.85 bits per heavy atom. The number of halogens is 2. The van der Waals surface area contributed by atoms with Gasteiger partial charge >= 0.3 is 6.09 Å². The number of anilines is 1. The molecule has 0 saturated carbocycles. The van der Waals surface area contributed by atoms with Crippen LogP contribution >= 0.6 is 24.8 Å². The van der Waals surface area contributed by atoms with Crippen LogP contribution < -0.4 is 11.1 Å². The second-order valence-electron chi connectivity index (χ2n) is 10.6. The number of aromatic amines is 1. The number of amides is 2. The molecule has 3 heterocycles. The fourth-order valence-corrected chi connectivity index (χ4v) is 5.63. The Kier molecular flexibility index (Phi) is 9.97. The monoisotopic (exact) mass is 588 g/mol. The van der Waals surface area contributed by atoms with Gasteiger partial charge in [0.05, 0.1) is 23.4 Å². The summed E-state index contributed by atoms with van der Waals surface area (Å²) in [6, 6.07) is 11.5. The van der Waals surface area contributed by atoms with Gasteiger partial charge < -0.3 is 30.6 Å². The number of nitrogens with zero attached hydrogens (tertiary/aromatic N) is 3. The van der Waals surface area contributed by atoms with Crippen LogP contribution in [0.3, 0.4) is 0 Å². The molecule has 4 aromatic rings. The molecule has 0 aliphatic carbocycles. The van der Waals surface area contributed by atoms with Gasteiger partial charge in [0.25, 0.3) is 0 Å². The van der Waals surface area contributed by atoms with Crippen LogP contribution in [0.15, 0.2) is 42.6 Å². The number of fused-ring (bicyclic) bond motifs is 3. The van der Waals surface area contributed by atoms with Crippen molar-refractivity contribution in [2.75, 3.05) is 12.3 Å². The summed E-state index contributed by atoms with van der Waals surface area (Å²) in [5, 5.41) is 14.0. The predicted octanol–water partition coefficient (Wildman–Crippen LogP) is 6.37. The number of likely N-dealkylation sites (tertiary alicyclic amines) is 1. The van der Waals surface area contributed by atoms with Gasteiger partial charge in [-0.1, -0.05) is 45.4 Å². The maximum atomic E-state index is 13.3. The number of carbonyl (C=O) groups is 2. The van der Waals surface area contributed by atoms with E-state index in [1.54, 1.807) is 4.90 Å². The largest absolute Gasteiger partial charge is 0.465 e. The summed E-state index contributed by atoms with van der Waals surface area (Å²) >= 11 is 0. The molecule has 1 aliphatic heterocycles. The van der Waals surface area contributed by atoms with Crippen molar-refractivity contribution in [1.82, 2.24) is 24.8 Å². The molecule has 0 radical (unpaired) electrons. The highest BCUT2D eigenvalue weighted by Crippen LogP contribution is 2.35. The quantitative estimate of drug-likeness (QED) is 0.178. The van der Waals surface area contributed by atoms with E-state index in [1.807, 2.05) is 32.2 Å². The summed E-state index contributed by atoms with van der Waals surface area (Å²) in [5.41, 5.74) is 11.1. The fraction of sp³-hybridized carbons (Fsp3) is 0.414. The molecule has 2 amide bonds. The summed E-state index contributed by atoms with van der Waals surface area (Å²) in [6.45, 7) is 7.38. The number of benzene rings is 2. The number of H-pyrrole nitrogens is 1. The van der Waals surface area contributed by atoms with Gasteiger partial charge in [-0.2, -0.15) is 0 Å². The molecular formula is C29H38Cl2N6O3. The Balaban J connectivity index is 0.00000220. The van der Waals surface area contributed by atoms with Crippen LogP contribution in [0.25, 0.3) is 33.1 Å². The zero-order valence-electron chi connectivity index (χ0n) is 23.0. The molecule has 1 fully saturated rings. The Bertz CT molecular complexity index is 1500. The van der Waals surface area contributed by atoms with Gasteiger partial charge in [0.1, 0.15) is 11.9 Å². The first-order chi connectivity index (χ1) is 18.3. The van der Waals surface area contributed by atoms with Gasteiger partial charge in [-0.3, -0.25) is 4.79 Å². The summed E-state index contributed by atoms with van der Waals surface area (Å²) in [4.78, 5) is 34.5. The first-order valence-electron chi connectivity index (χ1n) is 13.4. The average Bonchev–Trinajstić information content (AvgIpc) is 3.62. The number of unbranched alkanes of at least 4 members (excludes halogenated alkanes) is 1. The topological polar surface area (TPSA) is 129 Å². The lowest BCUT2D eigenvalue weighted by molar-refractivity contribution is -0.135. The van der Waals surface area contributed by atoms with E-state index in [4.69, 9.17) is 5.73 Å². The highest BCUT2D eigenvalue weighted by atomic mass is 35.5. The van der Waals surface area contributed by atoms with Crippen molar-refractivity contribution in [3.63, 3.8) is 0 Å². The molecule has 9 nitrogen and oxygen atoms in total. The molecule has 0 bridgehead atoms. The van der Waals surface area contributed by atoms with Crippen LogP contribution in [-0.4, -0.2) is 49.1 Å². The van der Waals surface area contributed by atoms with E-state index in [0.717, 1.165) is 66.0 Å². The van der Waals surface area contributed by atoms with Crippen LogP contribution in [0, 0.1) is 5.92 Å². The Morgan fingerprint density at radius 3 is 2.52 bits per heavy atom. The number of imidazole rings is 1. The Labute approximate surface area is 246 Å². The molecule has 2 atom stereocenters. The SMILES string of the molecule is CCCCn1c2cc(N)ccc2c2ccc(-c3cnc([C@@H]4CCCN4C(=O)C(NC(=O)O)C(C)C)[nH]3)cc21.Cl.Cl. The van der Waals surface area contributed by atoms with Crippen molar-refractivity contribution >= 4 is 64.3 Å². The second kappa shape index (κ2) is 12.8. The van der Waals surface area contributed by atoms with E-state index in [0.29, 0.717) is 6.54 Å². The molecule has 1 unspecified atom stereocenters. The summed E-state index contributed by atoms with van der Waals surface area (Å²) < 4.78 is 2.35. The second-order valence-corrected chi connectivity index (χ2v) is 10.6. The summed E-state index contributed by atoms with van der Waals surface area (Å²) in [6.07, 6.45) is 4.43. The number of aryl methyl sites for hydroxylation is 1. The third kappa shape index (κ3) is 5.86. The first kappa shape index (κ1) is 31.1. The number of hydrogen-bond acceptors (Lipinski definition) is 4. The van der Waals surface area contributed by atoms with Crippen molar-refractivity contribution in [2.24, 2.45) is 5.92 Å². The minimum absolute atomic E-state index is 0.